The molecule has 0 radical (unpaired) electrons. The van der Waals surface area contributed by atoms with Crippen molar-refractivity contribution in [3.8, 4) is 0 Å². The molecule has 0 aliphatic rings. The Balaban J connectivity index is 0.000000191. The molecule has 0 bridgehead atoms. The highest BCUT2D eigenvalue weighted by Gasteiger charge is 2.10. The third kappa shape index (κ3) is 6.34. The first-order valence-corrected chi connectivity index (χ1v) is 10.6. The Kier molecular flexibility index (Phi) is 8.21. The molecular formula is C28H19ClO5. The number of carbonyl (C=O) groups excluding carboxylic acids is 3. The normalized spacial score (nSPS) is 9.91. The van der Waals surface area contributed by atoms with Crippen LogP contribution in [0.25, 0.3) is 0 Å². The summed E-state index contributed by atoms with van der Waals surface area (Å²) in [4.78, 5) is 45.5. The first kappa shape index (κ1) is 24.3. The van der Waals surface area contributed by atoms with Crippen LogP contribution in [0, 0.1) is 0 Å². The Morgan fingerprint density at radius 2 is 0.735 bits per heavy atom. The lowest BCUT2D eigenvalue weighted by atomic mass is 10.0. The minimum Gasteiger partial charge on any atom is -0.478 e. The largest absolute Gasteiger partial charge is 0.478 e. The third-order valence-electron chi connectivity index (χ3n) is 4.84. The third-order valence-corrected chi connectivity index (χ3v) is 5.06. The summed E-state index contributed by atoms with van der Waals surface area (Å²) < 4.78 is 0. The smallest absolute Gasteiger partial charge is 0.335 e. The molecule has 0 heterocycles. The van der Waals surface area contributed by atoms with E-state index in [1.165, 1.54) is 24.3 Å². The molecule has 0 aliphatic carbocycles. The van der Waals surface area contributed by atoms with Gasteiger partial charge >= 0.3 is 5.97 Å². The van der Waals surface area contributed by atoms with Crippen LogP contribution in [-0.4, -0.2) is 27.9 Å². The van der Waals surface area contributed by atoms with Crippen molar-refractivity contribution in [3.05, 3.63) is 143 Å². The maximum Gasteiger partial charge on any atom is 0.335 e. The Morgan fingerprint density at radius 3 is 1.06 bits per heavy atom. The van der Waals surface area contributed by atoms with Crippen molar-refractivity contribution in [1.29, 1.82) is 0 Å². The molecule has 168 valence electrons. The second kappa shape index (κ2) is 11.5. The van der Waals surface area contributed by atoms with Crippen LogP contribution in [0.5, 0.6) is 0 Å². The lowest BCUT2D eigenvalue weighted by Gasteiger charge is -2.01. The molecule has 0 aliphatic heterocycles. The van der Waals surface area contributed by atoms with Gasteiger partial charge in [0, 0.05) is 27.8 Å². The van der Waals surface area contributed by atoms with Gasteiger partial charge in [-0.25, -0.2) is 4.79 Å². The van der Waals surface area contributed by atoms with E-state index in [9.17, 15) is 19.2 Å². The van der Waals surface area contributed by atoms with Gasteiger partial charge < -0.3 is 5.11 Å². The summed E-state index contributed by atoms with van der Waals surface area (Å²) >= 11 is 5.33. The van der Waals surface area contributed by atoms with Gasteiger partial charge in [0.05, 0.1) is 5.56 Å². The Bertz CT molecular complexity index is 1190. The second-order valence-electron chi connectivity index (χ2n) is 7.12. The fourth-order valence-corrected chi connectivity index (χ4v) is 3.16. The van der Waals surface area contributed by atoms with E-state index in [2.05, 4.69) is 0 Å². The van der Waals surface area contributed by atoms with Crippen molar-refractivity contribution in [2.75, 3.05) is 0 Å². The fraction of sp³-hybridized carbons (Fsp3) is 0. The molecule has 4 aromatic carbocycles. The molecular weight excluding hydrogens is 452 g/mol. The molecule has 0 fully saturated rings. The molecule has 5 nitrogen and oxygen atoms in total. The van der Waals surface area contributed by atoms with Gasteiger partial charge in [0.2, 0.25) is 0 Å². The monoisotopic (exact) mass is 470 g/mol. The molecule has 0 aromatic heterocycles. The number of carboxylic acid groups (broad SMARTS) is 1. The molecule has 0 unspecified atom stereocenters. The van der Waals surface area contributed by atoms with E-state index in [1.807, 2.05) is 24.3 Å². The zero-order valence-corrected chi connectivity index (χ0v) is 18.6. The number of hydrogen-bond donors (Lipinski definition) is 1. The van der Waals surface area contributed by atoms with Gasteiger partial charge in [-0.05, 0) is 35.9 Å². The van der Waals surface area contributed by atoms with Crippen molar-refractivity contribution in [3.63, 3.8) is 0 Å². The lowest BCUT2D eigenvalue weighted by Crippen LogP contribution is -2.02. The average Bonchev–Trinajstić information content (AvgIpc) is 2.89. The number of carboxylic acids is 1. The SMILES string of the molecule is O=C(Cl)c1ccc(C(=O)c2ccccc2)cc1.O=C(O)c1ccc(C(=O)c2ccccc2)cc1. The van der Waals surface area contributed by atoms with E-state index in [4.69, 9.17) is 16.7 Å². The maximum absolute atomic E-state index is 12.0. The first-order chi connectivity index (χ1) is 16.4. The standard InChI is InChI=1S/C14H9ClO2.C14H10O3/c15-14(17)12-8-6-11(7-9-12)13(16)10-4-2-1-3-5-10;15-13(10-4-2-1-3-5-10)11-6-8-12(9-7-11)14(16)17/h1-9H;1-9H,(H,16,17). The van der Waals surface area contributed by atoms with E-state index in [0.717, 1.165) is 0 Å². The van der Waals surface area contributed by atoms with E-state index < -0.39 is 11.2 Å². The van der Waals surface area contributed by atoms with E-state index >= 15 is 0 Å². The molecule has 4 rings (SSSR count). The van der Waals surface area contributed by atoms with Crippen molar-refractivity contribution < 1.29 is 24.3 Å². The summed E-state index contributed by atoms with van der Waals surface area (Å²) in [7, 11) is 0. The Labute approximate surface area is 201 Å². The van der Waals surface area contributed by atoms with Gasteiger partial charge in [0.15, 0.2) is 11.6 Å². The number of rotatable bonds is 6. The number of hydrogen-bond acceptors (Lipinski definition) is 4. The summed E-state index contributed by atoms with van der Waals surface area (Å²) in [6, 6.07) is 30.1. The number of carbonyl (C=O) groups is 4. The van der Waals surface area contributed by atoms with Gasteiger partial charge in [-0.3, -0.25) is 14.4 Å². The van der Waals surface area contributed by atoms with Gasteiger partial charge in [0.25, 0.3) is 5.24 Å². The minimum atomic E-state index is -0.997. The van der Waals surface area contributed by atoms with Crippen LogP contribution in [0.2, 0.25) is 0 Å². The molecule has 0 amide bonds. The minimum absolute atomic E-state index is 0.0702. The van der Waals surface area contributed by atoms with E-state index in [0.29, 0.717) is 27.8 Å². The van der Waals surface area contributed by atoms with Gasteiger partial charge in [0.1, 0.15) is 0 Å². The van der Waals surface area contributed by atoms with E-state index in [-0.39, 0.29) is 17.1 Å². The molecule has 1 N–H and O–H groups in total. The van der Waals surface area contributed by atoms with Crippen LogP contribution in [0.4, 0.5) is 0 Å². The maximum atomic E-state index is 12.0. The predicted octanol–water partition coefficient (Wildman–Crippen LogP) is 5.91. The number of ketones is 2. The number of halogens is 1. The summed E-state index contributed by atoms with van der Waals surface area (Å²) in [6.45, 7) is 0. The van der Waals surface area contributed by atoms with Crippen molar-refractivity contribution in [2.24, 2.45) is 0 Å². The highest BCUT2D eigenvalue weighted by Crippen LogP contribution is 2.13. The summed E-state index contributed by atoms with van der Waals surface area (Å²) in [6.07, 6.45) is 0. The van der Waals surface area contributed by atoms with Crippen LogP contribution >= 0.6 is 11.6 Å². The van der Waals surface area contributed by atoms with Crippen molar-refractivity contribution in [1.82, 2.24) is 0 Å². The van der Waals surface area contributed by atoms with Gasteiger partial charge in [-0.2, -0.15) is 0 Å². The highest BCUT2D eigenvalue weighted by atomic mass is 35.5. The van der Waals surface area contributed by atoms with Crippen molar-refractivity contribution >= 4 is 34.4 Å². The van der Waals surface area contributed by atoms with Crippen LogP contribution in [0.3, 0.4) is 0 Å². The van der Waals surface area contributed by atoms with Crippen LogP contribution in [0.15, 0.2) is 109 Å². The Hall–Kier alpha value is -4.35. The van der Waals surface area contributed by atoms with Crippen molar-refractivity contribution in [2.45, 2.75) is 0 Å². The fourth-order valence-electron chi connectivity index (χ4n) is 3.03. The molecule has 0 spiro atoms. The van der Waals surface area contributed by atoms with Crippen LogP contribution < -0.4 is 0 Å². The zero-order chi connectivity index (χ0) is 24.5. The zero-order valence-electron chi connectivity index (χ0n) is 17.9. The molecule has 4 aromatic rings. The second-order valence-corrected chi connectivity index (χ2v) is 7.47. The summed E-state index contributed by atoms with van der Waals surface area (Å²) in [5.41, 5.74) is 2.80. The highest BCUT2D eigenvalue weighted by molar-refractivity contribution is 6.67. The number of aromatic carboxylic acids is 1. The topological polar surface area (TPSA) is 88.5 Å². The van der Waals surface area contributed by atoms with Crippen LogP contribution in [-0.2, 0) is 0 Å². The van der Waals surface area contributed by atoms with E-state index in [1.54, 1.807) is 60.7 Å². The lowest BCUT2D eigenvalue weighted by molar-refractivity contribution is 0.0696. The summed E-state index contributed by atoms with van der Waals surface area (Å²) in [5, 5.41) is 8.22. The molecule has 0 saturated carbocycles. The summed E-state index contributed by atoms with van der Waals surface area (Å²) in [5.74, 6) is -1.18. The average molecular weight is 471 g/mol. The predicted molar refractivity (Wildman–Crippen MR) is 130 cm³/mol. The quantitative estimate of drug-likeness (QED) is 0.279. The molecule has 0 saturated heterocycles. The molecule has 6 heteroatoms. The Morgan fingerprint density at radius 1 is 0.441 bits per heavy atom. The van der Waals surface area contributed by atoms with Crippen LogP contribution in [0.1, 0.15) is 52.6 Å². The van der Waals surface area contributed by atoms with Gasteiger partial charge in [-0.15, -0.1) is 0 Å². The molecule has 0 atom stereocenters. The van der Waals surface area contributed by atoms with Gasteiger partial charge in [-0.1, -0.05) is 84.9 Å². The number of benzene rings is 4. The molecule has 34 heavy (non-hydrogen) atoms. The first-order valence-electron chi connectivity index (χ1n) is 10.2.